The van der Waals surface area contributed by atoms with E-state index in [0.717, 1.165) is 28.4 Å². The van der Waals surface area contributed by atoms with E-state index in [1.807, 2.05) is 74.5 Å². The number of hydrogen-bond acceptors (Lipinski definition) is 6. The minimum Gasteiger partial charge on any atom is -0.497 e. The highest BCUT2D eigenvalue weighted by atomic mass is 16.5. The van der Waals surface area contributed by atoms with Gasteiger partial charge in [-0.1, -0.05) is 17.7 Å². The van der Waals surface area contributed by atoms with E-state index in [-0.39, 0.29) is 0 Å². The summed E-state index contributed by atoms with van der Waals surface area (Å²) in [5.41, 5.74) is 4.99. The van der Waals surface area contributed by atoms with Crippen LogP contribution in [0.2, 0.25) is 0 Å². The highest BCUT2D eigenvalue weighted by Gasteiger charge is 2.08. The highest BCUT2D eigenvalue weighted by molar-refractivity contribution is 5.63. The molecule has 0 aromatic heterocycles. The lowest BCUT2D eigenvalue weighted by Crippen LogP contribution is -1.85. The zero-order valence-electron chi connectivity index (χ0n) is 16.4. The van der Waals surface area contributed by atoms with Crippen LogP contribution in [0.1, 0.15) is 11.1 Å². The van der Waals surface area contributed by atoms with Crippen LogP contribution in [0, 0.1) is 13.8 Å². The minimum atomic E-state index is 0.584. The third-order valence-electron chi connectivity index (χ3n) is 4.15. The molecule has 0 saturated carbocycles. The van der Waals surface area contributed by atoms with Gasteiger partial charge in [-0.05, 0) is 61.9 Å². The van der Waals surface area contributed by atoms with Gasteiger partial charge in [0, 0.05) is 6.07 Å². The summed E-state index contributed by atoms with van der Waals surface area (Å²) in [6.45, 7) is 3.99. The fraction of sp³-hybridized carbons (Fsp3) is 0.182. The molecule has 0 unspecified atom stereocenters. The minimum absolute atomic E-state index is 0.584. The molecule has 0 aliphatic rings. The molecule has 0 radical (unpaired) electrons. The number of azo groups is 2. The first-order valence-electron chi connectivity index (χ1n) is 8.82. The van der Waals surface area contributed by atoms with Crippen molar-refractivity contribution in [1.29, 1.82) is 0 Å². The number of nitrogens with zero attached hydrogens (tertiary/aromatic N) is 4. The summed E-state index contributed by atoms with van der Waals surface area (Å²) < 4.78 is 10.6. The molecule has 142 valence electrons. The molecule has 3 rings (SSSR count). The molecule has 6 nitrogen and oxygen atoms in total. The second-order valence-corrected chi connectivity index (χ2v) is 6.24. The molecule has 3 aromatic carbocycles. The SMILES string of the molecule is COc1ccc(N=Nc2cc(C)c(N=Nc3ccc(C)cc3)cc2OC)cc1. The quantitative estimate of drug-likeness (QED) is 0.430. The molecular weight excluding hydrogens is 352 g/mol. The van der Waals surface area contributed by atoms with Gasteiger partial charge in [0.2, 0.25) is 0 Å². The predicted molar refractivity (Wildman–Crippen MR) is 110 cm³/mol. The van der Waals surface area contributed by atoms with E-state index in [9.17, 15) is 0 Å². The van der Waals surface area contributed by atoms with Gasteiger partial charge >= 0.3 is 0 Å². The van der Waals surface area contributed by atoms with Crippen LogP contribution in [0.15, 0.2) is 81.1 Å². The summed E-state index contributed by atoms with van der Waals surface area (Å²) in [6, 6.07) is 18.9. The van der Waals surface area contributed by atoms with Gasteiger partial charge in [-0.25, -0.2) is 0 Å². The number of methoxy groups -OCH3 is 2. The standard InChI is InChI=1S/C22H22N4O2/c1-15-5-7-17(8-6-15)23-25-20-14-22(28-4)21(13-16(20)2)26-24-18-9-11-19(27-3)12-10-18/h5-14H,1-4H3. The Hall–Kier alpha value is -3.54. The predicted octanol–water partition coefficient (Wildman–Crippen LogP) is 7.15. The van der Waals surface area contributed by atoms with Crippen molar-refractivity contribution in [3.05, 3.63) is 71.8 Å². The average Bonchev–Trinajstić information content (AvgIpc) is 2.73. The fourth-order valence-corrected chi connectivity index (χ4v) is 2.50. The van der Waals surface area contributed by atoms with Crippen molar-refractivity contribution < 1.29 is 9.47 Å². The van der Waals surface area contributed by atoms with Gasteiger partial charge in [-0.15, -0.1) is 5.11 Å². The van der Waals surface area contributed by atoms with Crippen molar-refractivity contribution in [3.63, 3.8) is 0 Å². The zero-order chi connectivity index (χ0) is 19.9. The number of aryl methyl sites for hydroxylation is 2. The second-order valence-electron chi connectivity index (χ2n) is 6.24. The van der Waals surface area contributed by atoms with Gasteiger partial charge in [0.1, 0.15) is 17.2 Å². The van der Waals surface area contributed by atoms with Gasteiger partial charge in [0.05, 0.1) is 31.3 Å². The molecular formula is C22H22N4O2. The van der Waals surface area contributed by atoms with Crippen LogP contribution in [0.3, 0.4) is 0 Å². The van der Waals surface area contributed by atoms with Crippen molar-refractivity contribution >= 4 is 22.7 Å². The summed E-state index contributed by atoms with van der Waals surface area (Å²) in [6.07, 6.45) is 0. The molecule has 0 saturated heterocycles. The summed E-state index contributed by atoms with van der Waals surface area (Å²) in [4.78, 5) is 0. The Kier molecular flexibility index (Phi) is 6.11. The maximum atomic E-state index is 5.46. The summed E-state index contributed by atoms with van der Waals surface area (Å²) in [7, 11) is 3.22. The molecule has 6 heteroatoms. The molecule has 0 spiro atoms. The first kappa shape index (κ1) is 19.2. The van der Waals surface area contributed by atoms with Gasteiger partial charge in [-0.2, -0.15) is 15.3 Å². The maximum absolute atomic E-state index is 5.46. The third-order valence-corrected chi connectivity index (χ3v) is 4.15. The topological polar surface area (TPSA) is 67.9 Å². The number of rotatable bonds is 6. The Bertz CT molecular complexity index is 994. The Balaban J connectivity index is 1.84. The van der Waals surface area contributed by atoms with E-state index < -0.39 is 0 Å². The lowest BCUT2D eigenvalue weighted by Gasteiger charge is -2.07. The van der Waals surface area contributed by atoms with Gasteiger partial charge < -0.3 is 9.47 Å². The first-order valence-corrected chi connectivity index (χ1v) is 8.82. The van der Waals surface area contributed by atoms with Crippen LogP contribution in [-0.4, -0.2) is 14.2 Å². The van der Waals surface area contributed by atoms with E-state index >= 15 is 0 Å². The lowest BCUT2D eigenvalue weighted by molar-refractivity contribution is 0.414. The van der Waals surface area contributed by atoms with Crippen LogP contribution >= 0.6 is 0 Å². The zero-order valence-corrected chi connectivity index (χ0v) is 16.4. The Labute approximate surface area is 164 Å². The maximum Gasteiger partial charge on any atom is 0.148 e. The number of hydrogen-bond donors (Lipinski definition) is 0. The summed E-state index contributed by atoms with van der Waals surface area (Å²) in [5, 5.41) is 17.2. The molecule has 28 heavy (non-hydrogen) atoms. The molecule has 0 atom stereocenters. The van der Waals surface area contributed by atoms with E-state index in [1.165, 1.54) is 5.56 Å². The lowest BCUT2D eigenvalue weighted by atomic mass is 10.1. The molecule has 0 aliphatic carbocycles. The highest BCUT2D eigenvalue weighted by Crippen LogP contribution is 2.36. The normalized spacial score (nSPS) is 11.3. The van der Waals surface area contributed by atoms with Crippen LogP contribution in [0.5, 0.6) is 11.5 Å². The molecule has 0 amide bonds. The second kappa shape index (κ2) is 8.90. The number of ether oxygens (including phenoxy) is 2. The van der Waals surface area contributed by atoms with Crippen LogP contribution in [0.25, 0.3) is 0 Å². The largest absolute Gasteiger partial charge is 0.497 e. The van der Waals surface area contributed by atoms with Crippen LogP contribution < -0.4 is 9.47 Å². The molecule has 0 aliphatic heterocycles. The van der Waals surface area contributed by atoms with Crippen LogP contribution in [0.4, 0.5) is 22.7 Å². The third kappa shape index (κ3) is 4.79. The van der Waals surface area contributed by atoms with Gasteiger partial charge in [-0.3, -0.25) is 0 Å². The molecule has 0 bridgehead atoms. The van der Waals surface area contributed by atoms with E-state index in [1.54, 1.807) is 14.2 Å². The van der Waals surface area contributed by atoms with Crippen molar-refractivity contribution in [2.45, 2.75) is 13.8 Å². The summed E-state index contributed by atoms with van der Waals surface area (Å²) in [5.74, 6) is 1.36. The van der Waals surface area contributed by atoms with Crippen molar-refractivity contribution in [3.8, 4) is 11.5 Å². The van der Waals surface area contributed by atoms with Crippen molar-refractivity contribution in [2.24, 2.45) is 20.5 Å². The Morgan fingerprint density at radius 2 is 1.18 bits per heavy atom. The van der Waals surface area contributed by atoms with Gasteiger partial charge in [0.25, 0.3) is 0 Å². The Morgan fingerprint density at radius 1 is 0.607 bits per heavy atom. The number of benzene rings is 3. The first-order chi connectivity index (χ1) is 13.6. The van der Waals surface area contributed by atoms with Crippen molar-refractivity contribution in [2.75, 3.05) is 14.2 Å². The van der Waals surface area contributed by atoms with E-state index in [4.69, 9.17) is 9.47 Å². The molecule has 0 N–H and O–H groups in total. The average molecular weight is 374 g/mol. The van der Waals surface area contributed by atoms with E-state index in [0.29, 0.717) is 11.4 Å². The monoisotopic (exact) mass is 374 g/mol. The smallest absolute Gasteiger partial charge is 0.148 e. The van der Waals surface area contributed by atoms with Crippen LogP contribution in [-0.2, 0) is 0 Å². The fourth-order valence-electron chi connectivity index (χ4n) is 2.50. The molecule has 0 fully saturated rings. The molecule has 3 aromatic rings. The summed E-state index contributed by atoms with van der Waals surface area (Å²) >= 11 is 0. The van der Waals surface area contributed by atoms with E-state index in [2.05, 4.69) is 20.5 Å². The van der Waals surface area contributed by atoms with Crippen molar-refractivity contribution in [1.82, 2.24) is 0 Å². The Morgan fingerprint density at radius 3 is 1.75 bits per heavy atom. The van der Waals surface area contributed by atoms with Gasteiger partial charge in [0.15, 0.2) is 0 Å². The molecule has 0 heterocycles.